The van der Waals surface area contributed by atoms with Gasteiger partial charge in [-0.15, -0.1) is 0 Å². The molecule has 1 unspecified atom stereocenters. The summed E-state index contributed by atoms with van der Waals surface area (Å²) in [7, 11) is 1.14. The zero-order valence-corrected chi connectivity index (χ0v) is 9.93. The van der Waals surface area contributed by atoms with Crippen molar-refractivity contribution in [2.75, 3.05) is 7.11 Å². The van der Waals surface area contributed by atoms with Gasteiger partial charge in [-0.1, -0.05) is 11.6 Å². The van der Waals surface area contributed by atoms with Crippen molar-refractivity contribution in [3.8, 4) is 0 Å². The number of aliphatic hydroxyl groups excluding tert-OH is 1. The topological polar surface area (TPSA) is 46.5 Å². The minimum atomic E-state index is -1.56. The van der Waals surface area contributed by atoms with Crippen molar-refractivity contribution in [3.63, 3.8) is 0 Å². The molecule has 1 atom stereocenters. The number of aliphatic hydroxyl groups is 1. The molecule has 5 heteroatoms. The van der Waals surface area contributed by atoms with Gasteiger partial charge in [0.25, 0.3) is 0 Å². The molecule has 0 saturated heterocycles. The van der Waals surface area contributed by atoms with E-state index in [0.29, 0.717) is 11.1 Å². The molecule has 0 spiro atoms. The van der Waals surface area contributed by atoms with Crippen LogP contribution in [-0.4, -0.2) is 18.2 Å². The number of hydrogen-bond acceptors (Lipinski definition) is 3. The minimum absolute atomic E-state index is 0.0611. The van der Waals surface area contributed by atoms with E-state index in [1.807, 2.05) is 0 Å². The van der Waals surface area contributed by atoms with Crippen LogP contribution in [0.3, 0.4) is 0 Å². The standard InChI is InChI=1S/C11H12ClFO3/c1-5-4-7(13)9(12)8(6(5)2)10(14)11(15)16-3/h4,10,14H,1-3H3. The summed E-state index contributed by atoms with van der Waals surface area (Å²) in [4.78, 5) is 11.2. The molecule has 0 bridgehead atoms. The first-order valence-electron chi connectivity index (χ1n) is 4.61. The maximum atomic E-state index is 13.4. The molecule has 0 fully saturated rings. The largest absolute Gasteiger partial charge is 0.467 e. The van der Waals surface area contributed by atoms with Crippen LogP contribution in [0, 0.1) is 19.7 Å². The maximum Gasteiger partial charge on any atom is 0.339 e. The molecule has 0 saturated carbocycles. The lowest BCUT2D eigenvalue weighted by molar-refractivity contribution is -0.150. The summed E-state index contributed by atoms with van der Waals surface area (Å²) in [6.07, 6.45) is -1.56. The first kappa shape index (κ1) is 12.9. The SMILES string of the molecule is COC(=O)C(O)c1c(C)c(C)cc(F)c1Cl. The van der Waals surface area contributed by atoms with Crippen LogP contribution in [0.1, 0.15) is 22.8 Å². The summed E-state index contributed by atoms with van der Waals surface area (Å²) in [6.45, 7) is 3.32. The fourth-order valence-electron chi connectivity index (χ4n) is 1.42. The highest BCUT2D eigenvalue weighted by Crippen LogP contribution is 2.31. The minimum Gasteiger partial charge on any atom is -0.467 e. The Morgan fingerprint density at radius 2 is 2.12 bits per heavy atom. The third-order valence-electron chi connectivity index (χ3n) is 2.48. The second-order valence-electron chi connectivity index (χ2n) is 3.45. The van der Waals surface area contributed by atoms with Crippen LogP contribution < -0.4 is 0 Å². The van der Waals surface area contributed by atoms with Gasteiger partial charge in [-0.2, -0.15) is 0 Å². The fourth-order valence-corrected chi connectivity index (χ4v) is 1.72. The molecule has 88 valence electrons. The second kappa shape index (κ2) is 4.80. The summed E-state index contributed by atoms with van der Waals surface area (Å²) in [6, 6.07) is 1.26. The number of rotatable bonds is 2. The van der Waals surface area contributed by atoms with Crippen molar-refractivity contribution in [2.45, 2.75) is 20.0 Å². The van der Waals surface area contributed by atoms with Crippen LogP contribution in [0.4, 0.5) is 4.39 Å². The van der Waals surface area contributed by atoms with E-state index >= 15 is 0 Å². The highest BCUT2D eigenvalue weighted by molar-refractivity contribution is 6.31. The highest BCUT2D eigenvalue weighted by Gasteiger charge is 2.25. The molecule has 0 radical (unpaired) electrons. The number of carbonyl (C=O) groups is 1. The quantitative estimate of drug-likeness (QED) is 0.815. The van der Waals surface area contributed by atoms with Crippen LogP contribution in [0.25, 0.3) is 0 Å². The Kier molecular flexibility index (Phi) is 3.88. The van der Waals surface area contributed by atoms with Crippen LogP contribution in [-0.2, 0) is 9.53 Å². The summed E-state index contributed by atoms with van der Waals surface area (Å²) in [5.74, 6) is -1.53. The summed E-state index contributed by atoms with van der Waals surface area (Å²) in [5, 5.41) is 9.42. The molecular formula is C11H12ClFO3. The van der Waals surface area contributed by atoms with Gasteiger partial charge >= 0.3 is 5.97 Å². The molecular weight excluding hydrogens is 235 g/mol. The molecule has 0 aliphatic rings. The van der Waals surface area contributed by atoms with Gasteiger partial charge < -0.3 is 9.84 Å². The first-order chi connectivity index (χ1) is 7.40. The summed E-state index contributed by atoms with van der Waals surface area (Å²) >= 11 is 5.72. The van der Waals surface area contributed by atoms with Gasteiger partial charge in [0.2, 0.25) is 0 Å². The Labute approximate surface area is 97.8 Å². The average molecular weight is 247 g/mol. The van der Waals surface area contributed by atoms with Gasteiger partial charge in [-0.3, -0.25) is 0 Å². The molecule has 1 aromatic rings. The Bertz CT molecular complexity index is 405. The number of esters is 1. The highest BCUT2D eigenvalue weighted by atomic mass is 35.5. The number of benzene rings is 1. The smallest absolute Gasteiger partial charge is 0.339 e. The molecule has 0 heterocycles. The molecule has 0 aliphatic carbocycles. The maximum absolute atomic E-state index is 13.4. The van der Waals surface area contributed by atoms with Crippen LogP contribution >= 0.6 is 11.6 Å². The van der Waals surface area contributed by atoms with Crippen LogP contribution in [0.5, 0.6) is 0 Å². The number of halogens is 2. The number of carbonyl (C=O) groups excluding carboxylic acids is 1. The lowest BCUT2D eigenvalue weighted by Crippen LogP contribution is -2.16. The molecule has 1 rings (SSSR count). The van der Waals surface area contributed by atoms with Gasteiger partial charge in [-0.25, -0.2) is 9.18 Å². The van der Waals surface area contributed by atoms with Crippen LogP contribution in [0.15, 0.2) is 6.07 Å². The van der Waals surface area contributed by atoms with Crippen molar-refractivity contribution in [1.82, 2.24) is 0 Å². The molecule has 3 nitrogen and oxygen atoms in total. The predicted molar refractivity (Wildman–Crippen MR) is 57.9 cm³/mol. The van der Waals surface area contributed by atoms with E-state index in [2.05, 4.69) is 4.74 Å². The fraction of sp³-hybridized carbons (Fsp3) is 0.364. The van der Waals surface area contributed by atoms with Gasteiger partial charge in [0.05, 0.1) is 12.1 Å². The van der Waals surface area contributed by atoms with Crippen LogP contribution in [0.2, 0.25) is 5.02 Å². The normalized spacial score (nSPS) is 12.4. The average Bonchev–Trinajstić information content (AvgIpc) is 2.25. The lowest BCUT2D eigenvalue weighted by atomic mass is 9.98. The zero-order valence-electron chi connectivity index (χ0n) is 9.17. The molecule has 0 aromatic heterocycles. The molecule has 1 N–H and O–H groups in total. The number of aryl methyl sites for hydroxylation is 1. The Balaban J connectivity index is 3.37. The Morgan fingerprint density at radius 3 is 2.62 bits per heavy atom. The predicted octanol–water partition coefficient (Wildman–Crippen LogP) is 2.30. The number of hydrogen-bond donors (Lipinski definition) is 1. The second-order valence-corrected chi connectivity index (χ2v) is 3.83. The monoisotopic (exact) mass is 246 g/mol. The third kappa shape index (κ3) is 2.18. The van der Waals surface area contributed by atoms with E-state index in [4.69, 9.17) is 11.6 Å². The molecule has 0 amide bonds. The van der Waals surface area contributed by atoms with Crippen molar-refractivity contribution in [3.05, 3.63) is 33.6 Å². The van der Waals surface area contributed by atoms with Gasteiger partial charge in [0.1, 0.15) is 5.82 Å². The molecule has 1 aromatic carbocycles. The Hall–Kier alpha value is -1.13. The number of methoxy groups -OCH3 is 1. The third-order valence-corrected chi connectivity index (χ3v) is 2.87. The number of ether oxygens (including phenoxy) is 1. The van der Waals surface area contributed by atoms with E-state index in [9.17, 15) is 14.3 Å². The lowest BCUT2D eigenvalue weighted by Gasteiger charge is -2.15. The van der Waals surface area contributed by atoms with Crippen molar-refractivity contribution < 1.29 is 19.0 Å². The Morgan fingerprint density at radius 1 is 1.56 bits per heavy atom. The van der Waals surface area contributed by atoms with E-state index < -0.39 is 17.9 Å². The van der Waals surface area contributed by atoms with E-state index in [1.54, 1.807) is 13.8 Å². The van der Waals surface area contributed by atoms with E-state index in [0.717, 1.165) is 7.11 Å². The van der Waals surface area contributed by atoms with E-state index in [1.165, 1.54) is 6.07 Å². The van der Waals surface area contributed by atoms with Crippen molar-refractivity contribution >= 4 is 17.6 Å². The van der Waals surface area contributed by atoms with Gasteiger partial charge in [-0.05, 0) is 31.0 Å². The zero-order chi connectivity index (χ0) is 12.5. The van der Waals surface area contributed by atoms with Gasteiger partial charge in [0.15, 0.2) is 6.10 Å². The van der Waals surface area contributed by atoms with Gasteiger partial charge in [0, 0.05) is 5.56 Å². The van der Waals surface area contributed by atoms with Crippen molar-refractivity contribution in [2.24, 2.45) is 0 Å². The van der Waals surface area contributed by atoms with Crippen molar-refractivity contribution in [1.29, 1.82) is 0 Å². The molecule has 16 heavy (non-hydrogen) atoms. The summed E-state index contributed by atoms with van der Waals surface area (Å²) in [5.41, 5.74) is 1.25. The molecule has 0 aliphatic heterocycles. The summed E-state index contributed by atoms with van der Waals surface area (Å²) < 4.78 is 17.7. The van der Waals surface area contributed by atoms with E-state index in [-0.39, 0.29) is 10.6 Å². The first-order valence-corrected chi connectivity index (χ1v) is 4.99.